The van der Waals surface area contributed by atoms with E-state index in [0.29, 0.717) is 26.2 Å². The third-order valence-electron chi connectivity index (χ3n) is 1.71. The molecule has 0 aromatic heterocycles. The highest BCUT2D eigenvalue weighted by atomic mass is 16.5. The zero-order valence-electron chi connectivity index (χ0n) is 8.02. The lowest BCUT2D eigenvalue weighted by Crippen LogP contribution is -2.38. The van der Waals surface area contributed by atoms with E-state index in [9.17, 15) is 0 Å². The summed E-state index contributed by atoms with van der Waals surface area (Å²) in [7, 11) is 1.60. The van der Waals surface area contributed by atoms with E-state index in [2.05, 4.69) is 0 Å². The van der Waals surface area contributed by atoms with Gasteiger partial charge in [-0.25, -0.2) is 0 Å². The first kappa shape index (κ1) is 12.8. The third kappa shape index (κ3) is 6.92. The molecule has 0 aliphatic carbocycles. The summed E-state index contributed by atoms with van der Waals surface area (Å²) < 4.78 is 4.87. The summed E-state index contributed by atoms with van der Waals surface area (Å²) in [5.74, 6) is 0. The Hall–Kier alpha value is -0.200. The van der Waals surface area contributed by atoms with E-state index in [1.54, 1.807) is 7.11 Å². The van der Waals surface area contributed by atoms with E-state index in [1.165, 1.54) is 0 Å². The first-order chi connectivity index (χ1) is 6.24. The molecule has 0 aromatic rings. The zero-order chi connectivity index (χ0) is 10.1. The number of hydrogen-bond acceptors (Lipinski definition) is 5. The van der Waals surface area contributed by atoms with E-state index >= 15 is 0 Å². The monoisotopic (exact) mass is 193 g/mol. The molecule has 13 heavy (non-hydrogen) atoms. The van der Waals surface area contributed by atoms with Crippen LogP contribution in [0.15, 0.2) is 0 Å². The van der Waals surface area contributed by atoms with Gasteiger partial charge in [0.15, 0.2) is 0 Å². The summed E-state index contributed by atoms with van der Waals surface area (Å²) in [6, 6.07) is 0. The Labute approximate surface area is 78.5 Å². The van der Waals surface area contributed by atoms with Crippen LogP contribution in [0.1, 0.15) is 0 Å². The van der Waals surface area contributed by atoms with Gasteiger partial charge in [-0.1, -0.05) is 0 Å². The number of aliphatic hydroxyl groups excluding tert-OH is 3. The Morgan fingerprint density at radius 2 is 2.00 bits per heavy atom. The summed E-state index contributed by atoms with van der Waals surface area (Å²) in [4.78, 5) is 1.84. The second-order valence-electron chi connectivity index (χ2n) is 2.85. The predicted octanol–water partition coefficient (Wildman–Crippen LogP) is -1.72. The molecule has 0 aliphatic rings. The molecule has 1 unspecified atom stereocenters. The van der Waals surface area contributed by atoms with E-state index in [1.807, 2.05) is 4.90 Å². The zero-order valence-corrected chi connectivity index (χ0v) is 8.02. The van der Waals surface area contributed by atoms with E-state index in [0.717, 1.165) is 0 Å². The number of methoxy groups -OCH3 is 1. The van der Waals surface area contributed by atoms with Crippen molar-refractivity contribution in [2.24, 2.45) is 0 Å². The lowest BCUT2D eigenvalue weighted by molar-refractivity contribution is 0.0437. The van der Waals surface area contributed by atoms with Gasteiger partial charge in [0.2, 0.25) is 0 Å². The molecule has 80 valence electrons. The van der Waals surface area contributed by atoms with Gasteiger partial charge in [-0.3, -0.25) is 4.90 Å². The van der Waals surface area contributed by atoms with Crippen molar-refractivity contribution in [1.82, 2.24) is 4.90 Å². The minimum Gasteiger partial charge on any atom is -0.395 e. The standard InChI is InChI=1S/C8H19NO4/c1-13-5-3-9(2-4-10)6-8(12)7-11/h8,10-12H,2-7H2,1H3. The lowest BCUT2D eigenvalue weighted by Gasteiger charge is -2.22. The normalized spacial score (nSPS) is 13.6. The van der Waals surface area contributed by atoms with Crippen LogP contribution in [0.4, 0.5) is 0 Å². The summed E-state index contributed by atoms with van der Waals surface area (Å²) in [6.07, 6.45) is -0.747. The quantitative estimate of drug-likeness (QED) is 0.428. The molecule has 0 bridgehead atoms. The van der Waals surface area contributed by atoms with Crippen molar-refractivity contribution in [3.63, 3.8) is 0 Å². The molecule has 0 fully saturated rings. The molecule has 0 heterocycles. The van der Waals surface area contributed by atoms with Gasteiger partial charge in [0.25, 0.3) is 0 Å². The van der Waals surface area contributed by atoms with Crippen molar-refractivity contribution < 1.29 is 20.1 Å². The highest BCUT2D eigenvalue weighted by molar-refractivity contribution is 4.63. The van der Waals surface area contributed by atoms with E-state index in [-0.39, 0.29) is 13.2 Å². The van der Waals surface area contributed by atoms with Crippen LogP contribution in [0.5, 0.6) is 0 Å². The number of rotatable bonds is 8. The van der Waals surface area contributed by atoms with Crippen molar-refractivity contribution in [2.75, 3.05) is 46.6 Å². The molecule has 0 saturated heterocycles. The van der Waals surface area contributed by atoms with Gasteiger partial charge in [0.1, 0.15) is 0 Å². The molecule has 0 rings (SSSR count). The van der Waals surface area contributed by atoms with Gasteiger partial charge in [-0.05, 0) is 0 Å². The number of ether oxygens (including phenoxy) is 1. The molecule has 5 nitrogen and oxygen atoms in total. The van der Waals surface area contributed by atoms with Crippen LogP contribution in [0.25, 0.3) is 0 Å². The average Bonchev–Trinajstić information content (AvgIpc) is 2.14. The van der Waals surface area contributed by atoms with Gasteiger partial charge in [0.05, 0.1) is 25.9 Å². The Morgan fingerprint density at radius 3 is 2.46 bits per heavy atom. The Bertz CT molecular complexity index is 112. The predicted molar refractivity (Wildman–Crippen MR) is 48.5 cm³/mol. The summed E-state index contributed by atoms with van der Waals surface area (Å²) in [6.45, 7) is 1.84. The molecule has 0 spiro atoms. The maximum atomic E-state index is 9.14. The summed E-state index contributed by atoms with van der Waals surface area (Å²) in [5.41, 5.74) is 0. The van der Waals surface area contributed by atoms with Crippen LogP contribution in [0.3, 0.4) is 0 Å². The smallest absolute Gasteiger partial charge is 0.0897 e. The Balaban J connectivity index is 3.65. The highest BCUT2D eigenvalue weighted by Gasteiger charge is 2.09. The molecule has 5 heteroatoms. The van der Waals surface area contributed by atoms with Crippen molar-refractivity contribution in [1.29, 1.82) is 0 Å². The maximum Gasteiger partial charge on any atom is 0.0897 e. The van der Waals surface area contributed by atoms with Gasteiger partial charge >= 0.3 is 0 Å². The first-order valence-corrected chi connectivity index (χ1v) is 4.35. The Morgan fingerprint density at radius 1 is 1.31 bits per heavy atom. The molecule has 0 aromatic carbocycles. The summed E-state index contributed by atoms with van der Waals surface area (Å²) in [5, 5.41) is 26.4. The second-order valence-corrected chi connectivity index (χ2v) is 2.85. The van der Waals surface area contributed by atoms with Gasteiger partial charge < -0.3 is 20.1 Å². The minimum atomic E-state index is -0.747. The number of hydrogen-bond donors (Lipinski definition) is 3. The molecule has 0 radical (unpaired) electrons. The van der Waals surface area contributed by atoms with Crippen LogP contribution < -0.4 is 0 Å². The fraction of sp³-hybridized carbons (Fsp3) is 1.00. The molecule has 1 atom stereocenters. The third-order valence-corrected chi connectivity index (χ3v) is 1.71. The number of nitrogens with zero attached hydrogens (tertiary/aromatic N) is 1. The minimum absolute atomic E-state index is 0.0435. The van der Waals surface area contributed by atoms with Crippen LogP contribution >= 0.6 is 0 Å². The molecule has 0 aliphatic heterocycles. The average molecular weight is 193 g/mol. The van der Waals surface area contributed by atoms with Crippen LogP contribution in [-0.2, 0) is 4.74 Å². The molecule has 0 amide bonds. The second kappa shape index (κ2) is 8.40. The van der Waals surface area contributed by atoms with Gasteiger partial charge in [-0.15, -0.1) is 0 Å². The fourth-order valence-electron chi connectivity index (χ4n) is 1.01. The SMILES string of the molecule is COCCN(CCO)CC(O)CO. The van der Waals surface area contributed by atoms with Crippen molar-refractivity contribution in [3.05, 3.63) is 0 Å². The van der Waals surface area contributed by atoms with E-state index in [4.69, 9.17) is 20.1 Å². The topological polar surface area (TPSA) is 73.2 Å². The van der Waals surface area contributed by atoms with Crippen molar-refractivity contribution in [3.8, 4) is 0 Å². The molecular formula is C8H19NO4. The van der Waals surface area contributed by atoms with Crippen LogP contribution in [0, 0.1) is 0 Å². The highest BCUT2D eigenvalue weighted by Crippen LogP contribution is 1.92. The molecular weight excluding hydrogens is 174 g/mol. The largest absolute Gasteiger partial charge is 0.395 e. The van der Waals surface area contributed by atoms with Crippen LogP contribution in [-0.4, -0.2) is 72.9 Å². The van der Waals surface area contributed by atoms with Gasteiger partial charge in [0, 0.05) is 26.7 Å². The summed E-state index contributed by atoms with van der Waals surface area (Å²) >= 11 is 0. The maximum absolute atomic E-state index is 9.14. The van der Waals surface area contributed by atoms with Gasteiger partial charge in [-0.2, -0.15) is 0 Å². The first-order valence-electron chi connectivity index (χ1n) is 4.35. The molecule has 3 N–H and O–H groups in total. The fourth-order valence-corrected chi connectivity index (χ4v) is 1.01. The van der Waals surface area contributed by atoms with E-state index < -0.39 is 6.10 Å². The Kier molecular flexibility index (Phi) is 8.27. The van der Waals surface area contributed by atoms with Crippen LogP contribution in [0.2, 0.25) is 0 Å². The number of aliphatic hydroxyl groups is 3. The lowest BCUT2D eigenvalue weighted by atomic mass is 10.3. The van der Waals surface area contributed by atoms with Crippen molar-refractivity contribution in [2.45, 2.75) is 6.10 Å². The molecule has 0 saturated carbocycles. The van der Waals surface area contributed by atoms with Crippen molar-refractivity contribution >= 4 is 0 Å².